The Morgan fingerprint density at radius 2 is 1.96 bits per heavy atom. The molecule has 0 fully saturated rings. The molecule has 0 saturated heterocycles. The Morgan fingerprint density at radius 3 is 2.68 bits per heavy atom. The van der Waals surface area contributed by atoms with Crippen LogP contribution in [0.4, 0.5) is 0 Å². The molecular formula is C20H19NO3S. The average molecular weight is 353 g/mol. The number of rotatable bonds is 7. The number of ether oxygens (including phenoxy) is 1. The maximum Gasteiger partial charge on any atom is 0.347 e. The zero-order chi connectivity index (χ0) is 17.6. The third kappa shape index (κ3) is 4.45. The maximum atomic E-state index is 11.2. The lowest BCUT2D eigenvalue weighted by atomic mass is 10.1. The summed E-state index contributed by atoms with van der Waals surface area (Å²) in [5, 5.41) is 9.86. The Hall–Kier alpha value is -2.66. The van der Waals surface area contributed by atoms with Crippen LogP contribution in [0.15, 0.2) is 54.6 Å². The number of aromatic carboxylic acids is 1. The van der Waals surface area contributed by atoms with Crippen molar-refractivity contribution < 1.29 is 14.6 Å². The van der Waals surface area contributed by atoms with Crippen molar-refractivity contribution in [2.24, 2.45) is 0 Å². The van der Waals surface area contributed by atoms with E-state index in [1.807, 2.05) is 42.5 Å². The molecule has 0 amide bonds. The number of nitrogens with zero attached hydrogens (tertiary/aromatic N) is 1. The van der Waals surface area contributed by atoms with Gasteiger partial charge in [0.25, 0.3) is 0 Å². The maximum absolute atomic E-state index is 11.2. The molecule has 128 valence electrons. The molecule has 3 rings (SSSR count). The number of carbonyl (C=O) groups is 1. The quantitative estimate of drug-likeness (QED) is 0.618. The van der Waals surface area contributed by atoms with Gasteiger partial charge in [-0.15, -0.1) is 11.3 Å². The number of hydrogen-bond acceptors (Lipinski definition) is 4. The molecule has 1 heterocycles. The van der Waals surface area contributed by atoms with Crippen molar-refractivity contribution in [2.75, 3.05) is 6.61 Å². The highest BCUT2D eigenvalue weighted by Gasteiger charge is 2.15. The summed E-state index contributed by atoms with van der Waals surface area (Å²) in [5.41, 5.74) is 2.72. The number of aryl methyl sites for hydroxylation is 2. The summed E-state index contributed by atoms with van der Waals surface area (Å²) >= 11 is 1.19. The second-order valence-electron chi connectivity index (χ2n) is 5.70. The minimum absolute atomic E-state index is 0.282. The predicted molar refractivity (Wildman–Crippen MR) is 99.5 cm³/mol. The molecule has 2 aromatic carbocycles. The van der Waals surface area contributed by atoms with Crippen molar-refractivity contribution in [3.8, 4) is 16.3 Å². The highest BCUT2D eigenvalue weighted by molar-refractivity contribution is 7.17. The van der Waals surface area contributed by atoms with E-state index >= 15 is 0 Å². The Kier molecular flexibility index (Phi) is 5.46. The molecule has 0 atom stereocenters. The number of thiazole rings is 1. The summed E-state index contributed by atoms with van der Waals surface area (Å²) in [6, 6.07) is 18.0. The molecule has 0 unspecified atom stereocenters. The standard InChI is InChI=1S/C20H19NO3S/c1-14-18(20(22)23)25-19(21-14)16-10-5-11-17(13-16)24-12-6-9-15-7-3-2-4-8-15/h2-5,7-8,10-11,13H,6,9,12H2,1H3,(H,22,23). The summed E-state index contributed by atoms with van der Waals surface area (Å²) in [6.07, 6.45) is 1.92. The van der Waals surface area contributed by atoms with E-state index in [1.54, 1.807) is 6.92 Å². The van der Waals surface area contributed by atoms with Gasteiger partial charge in [-0.3, -0.25) is 0 Å². The third-order valence-electron chi connectivity index (χ3n) is 3.79. The van der Waals surface area contributed by atoms with E-state index in [1.165, 1.54) is 16.9 Å². The van der Waals surface area contributed by atoms with Crippen LogP contribution in [-0.4, -0.2) is 22.7 Å². The van der Waals surface area contributed by atoms with E-state index in [2.05, 4.69) is 17.1 Å². The topological polar surface area (TPSA) is 59.4 Å². The van der Waals surface area contributed by atoms with E-state index in [0.29, 0.717) is 17.3 Å². The van der Waals surface area contributed by atoms with Crippen molar-refractivity contribution in [1.82, 2.24) is 4.98 Å². The summed E-state index contributed by atoms with van der Waals surface area (Å²) in [6.45, 7) is 2.35. The molecule has 5 heteroatoms. The molecule has 0 bridgehead atoms. The lowest BCUT2D eigenvalue weighted by Gasteiger charge is -2.07. The first-order valence-corrected chi connectivity index (χ1v) is 8.93. The first-order chi connectivity index (χ1) is 12.1. The van der Waals surface area contributed by atoms with Crippen LogP contribution < -0.4 is 4.74 Å². The first kappa shape index (κ1) is 17.2. The van der Waals surface area contributed by atoms with Crippen molar-refractivity contribution in [2.45, 2.75) is 19.8 Å². The Bertz CT molecular complexity index is 858. The van der Waals surface area contributed by atoms with Crippen LogP contribution in [0.1, 0.15) is 27.3 Å². The van der Waals surface area contributed by atoms with Crippen molar-refractivity contribution >= 4 is 17.3 Å². The van der Waals surface area contributed by atoms with Gasteiger partial charge in [0.15, 0.2) is 0 Å². The van der Waals surface area contributed by atoms with E-state index in [9.17, 15) is 4.79 Å². The van der Waals surface area contributed by atoms with E-state index in [0.717, 1.165) is 24.2 Å². The summed E-state index contributed by atoms with van der Waals surface area (Å²) in [5.74, 6) is -0.162. The SMILES string of the molecule is Cc1nc(-c2cccc(OCCCc3ccccc3)c2)sc1C(=O)O. The van der Waals surface area contributed by atoms with Crippen LogP contribution in [0.25, 0.3) is 10.6 Å². The molecule has 0 aliphatic carbocycles. The lowest BCUT2D eigenvalue weighted by molar-refractivity contribution is 0.0701. The van der Waals surface area contributed by atoms with Crippen LogP contribution in [0, 0.1) is 6.92 Å². The van der Waals surface area contributed by atoms with E-state index in [-0.39, 0.29) is 4.88 Å². The molecule has 0 spiro atoms. The zero-order valence-corrected chi connectivity index (χ0v) is 14.8. The molecular weight excluding hydrogens is 334 g/mol. The second kappa shape index (κ2) is 7.94. The number of aromatic nitrogens is 1. The van der Waals surface area contributed by atoms with Gasteiger partial charge in [0.1, 0.15) is 15.6 Å². The number of carboxylic acids is 1. The number of hydrogen-bond donors (Lipinski definition) is 1. The molecule has 0 saturated carbocycles. The normalized spacial score (nSPS) is 10.6. The van der Waals surface area contributed by atoms with Gasteiger partial charge in [-0.1, -0.05) is 42.5 Å². The summed E-state index contributed by atoms with van der Waals surface area (Å²) in [4.78, 5) is 15.8. The van der Waals surface area contributed by atoms with Gasteiger partial charge < -0.3 is 9.84 Å². The molecule has 0 aliphatic heterocycles. The average Bonchev–Trinajstić information content (AvgIpc) is 3.02. The predicted octanol–water partition coefficient (Wildman–Crippen LogP) is 4.83. The molecule has 3 aromatic rings. The highest BCUT2D eigenvalue weighted by atomic mass is 32.1. The van der Waals surface area contributed by atoms with Crippen molar-refractivity contribution in [1.29, 1.82) is 0 Å². The van der Waals surface area contributed by atoms with Gasteiger partial charge in [0.2, 0.25) is 0 Å². The molecule has 25 heavy (non-hydrogen) atoms. The fourth-order valence-corrected chi connectivity index (χ4v) is 3.45. The number of carboxylic acid groups (broad SMARTS) is 1. The van der Waals surface area contributed by atoms with Crippen LogP contribution in [-0.2, 0) is 6.42 Å². The minimum atomic E-state index is -0.936. The van der Waals surface area contributed by atoms with Crippen LogP contribution in [0.5, 0.6) is 5.75 Å². The Labute approximate surface area is 150 Å². The second-order valence-corrected chi connectivity index (χ2v) is 6.70. The van der Waals surface area contributed by atoms with E-state index in [4.69, 9.17) is 9.84 Å². The molecule has 1 aromatic heterocycles. The van der Waals surface area contributed by atoms with Crippen molar-refractivity contribution in [3.05, 3.63) is 70.7 Å². The first-order valence-electron chi connectivity index (χ1n) is 8.11. The molecule has 0 radical (unpaired) electrons. The molecule has 1 N–H and O–H groups in total. The summed E-state index contributed by atoms with van der Waals surface area (Å²) < 4.78 is 5.83. The number of benzene rings is 2. The monoisotopic (exact) mass is 353 g/mol. The van der Waals surface area contributed by atoms with Gasteiger partial charge in [0, 0.05) is 5.56 Å². The molecule has 4 nitrogen and oxygen atoms in total. The van der Waals surface area contributed by atoms with Gasteiger partial charge in [-0.2, -0.15) is 0 Å². The third-order valence-corrected chi connectivity index (χ3v) is 4.99. The summed E-state index contributed by atoms with van der Waals surface area (Å²) in [7, 11) is 0. The van der Waals surface area contributed by atoms with Gasteiger partial charge >= 0.3 is 5.97 Å². The molecule has 0 aliphatic rings. The largest absolute Gasteiger partial charge is 0.494 e. The fourth-order valence-electron chi connectivity index (χ4n) is 2.55. The smallest absolute Gasteiger partial charge is 0.347 e. The van der Waals surface area contributed by atoms with Crippen LogP contribution in [0.3, 0.4) is 0 Å². The minimum Gasteiger partial charge on any atom is -0.494 e. The van der Waals surface area contributed by atoms with E-state index < -0.39 is 5.97 Å². The Balaban J connectivity index is 1.61. The van der Waals surface area contributed by atoms with Gasteiger partial charge in [0.05, 0.1) is 12.3 Å². The highest BCUT2D eigenvalue weighted by Crippen LogP contribution is 2.30. The lowest BCUT2D eigenvalue weighted by Crippen LogP contribution is -1.99. The zero-order valence-electron chi connectivity index (χ0n) is 13.9. The van der Waals surface area contributed by atoms with Crippen molar-refractivity contribution in [3.63, 3.8) is 0 Å². The fraction of sp³-hybridized carbons (Fsp3) is 0.200. The van der Waals surface area contributed by atoms with Crippen LogP contribution in [0.2, 0.25) is 0 Å². The Morgan fingerprint density at radius 1 is 1.16 bits per heavy atom. The van der Waals surface area contributed by atoms with Gasteiger partial charge in [-0.05, 0) is 37.5 Å². The van der Waals surface area contributed by atoms with Crippen LogP contribution >= 0.6 is 11.3 Å². The van der Waals surface area contributed by atoms with Gasteiger partial charge in [-0.25, -0.2) is 9.78 Å².